The van der Waals surface area contributed by atoms with Crippen LogP contribution in [0.3, 0.4) is 0 Å². The van der Waals surface area contributed by atoms with Crippen LogP contribution in [0.4, 0.5) is 0 Å². The first-order chi connectivity index (χ1) is 4.74. The van der Waals surface area contributed by atoms with E-state index >= 15 is 0 Å². The zero-order valence-corrected chi connectivity index (χ0v) is 7.48. The Morgan fingerprint density at radius 1 is 1.70 bits per heavy atom. The summed E-state index contributed by atoms with van der Waals surface area (Å²) in [6.45, 7) is 0. The van der Waals surface area contributed by atoms with Crippen LogP contribution >= 0.6 is 27.5 Å². The Labute approximate surface area is 71.5 Å². The normalized spacial score (nSPS) is 9.50. The van der Waals surface area contributed by atoms with Gasteiger partial charge in [-0.25, -0.2) is 4.98 Å². The van der Waals surface area contributed by atoms with Gasteiger partial charge in [0.2, 0.25) is 0 Å². The first-order valence-corrected chi connectivity index (χ1v) is 3.63. The monoisotopic (exact) mass is 222 g/mol. The van der Waals surface area contributed by atoms with Gasteiger partial charge in [-0.05, 0) is 15.9 Å². The number of aromatic nitrogens is 2. The van der Waals surface area contributed by atoms with Crippen molar-refractivity contribution < 1.29 is 4.74 Å². The largest absolute Gasteiger partial charge is 0.467 e. The molecule has 0 aliphatic rings. The minimum Gasteiger partial charge on any atom is -0.467 e. The van der Waals surface area contributed by atoms with Gasteiger partial charge in [0.1, 0.15) is 0 Å². The van der Waals surface area contributed by atoms with Crippen LogP contribution in [0.25, 0.3) is 0 Å². The maximum absolute atomic E-state index is 5.61. The minimum absolute atomic E-state index is 0.271. The van der Waals surface area contributed by atoms with E-state index in [0.717, 1.165) is 0 Å². The fourth-order valence-electron chi connectivity index (χ4n) is 0.430. The van der Waals surface area contributed by atoms with E-state index in [-0.39, 0.29) is 6.01 Å². The molecule has 0 aliphatic carbocycles. The van der Waals surface area contributed by atoms with Crippen molar-refractivity contribution in [1.29, 1.82) is 0 Å². The third kappa shape index (κ3) is 1.58. The molecule has 0 N–H and O–H groups in total. The summed E-state index contributed by atoms with van der Waals surface area (Å²) < 4.78 is 5.38. The van der Waals surface area contributed by atoms with Crippen LogP contribution in [0.1, 0.15) is 0 Å². The van der Waals surface area contributed by atoms with E-state index in [4.69, 9.17) is 16.3 Å². The van der Waals surface area contributed by atoms with Gasteiger partial charge in [0.15, 0.2) is 5.15 Å². The lowest BCUT2D eigenvalue weighted by Gasteiger charge is -1.97. The zero-order valence-electron chi connectivity index (χ0n) is 5.14. The highest BCUT2D eigenvalue weighted by molar-refractivity contribution is 9.10. The lowest BCUT2D eigenvalue weighted by Crippen LogP contribution is -1.91. The van der Waals surface area contributed by atoms with E-state index < -0.39 is 0 Å². The Hall–Kier alpha value is -0.350. The number of hydrogen-bond donors (Lipinski definition) is 0. The van der Waals surface area contributed by atoms with Gasteiger partial charge in [0.05, 0.1) is 11.6 Å². The molecule has 0 radical (unpaired) electrons. The molecule has 0 fully saturated rings. The summed E-state index contributed by atoms with van der Waals surface area (Å²) in [6.07, 6.45) is 1.54. The van der Waals surface area contributed by atoms with E-state index in [1.165, 1.54) is 13.3 Å². The molecule has 1 heterocycles. The van der Waals surface area contributed by atoms with Crippen LogP contribution < -0.4 is 4.74 Å². The van der Waals surface area contributed by atoms with Crippen molar-refractivity contribution in [2.24, 2.45) is 0 Å². The molecule has 10 heavy (non-hydrogen) atoms. The maximum Gasteiger partial charge on any atom is 0.317 e. The van der Waals surface area contributed by atoms with E-state index in [0.29, 0.717) is 9.63 Å². The molecule has 1 rings (SSSR count). The molecule has 0 bridgehead atoms. The molecule has 0 unspecified atom stereocenters. The summed E-state index contributed by atoms with van der Waals surface area (Å²) in [7, 11) is 1.49. The lowest BCUT2D eigenvalue weighted by atomic mass is 10.7. The molecular formula is C5H4BrClN2O. The van der Waals surface area contributed by atoms with Gasteiger partial charge in [-0.3, -0.25) is 0 Å². The van der Waals surface area contributed by atoms with Crippen molar-refractivity contribution in [3.05, 3.63) is 15.8 Å². The third-order valence-corrected chi connectivity index (χ3v) is 1.96. The molecule has 5 heteroatoms. The Morgan fingerprint density at radius 2 is 2.40 bits per heavy atom. The van der Waals surface area contributed by atoms with Gasteiger partial charge in [-0.2, -0.15) is 4.98 Å². The van der Waals surface area contributed by atoms with Crippen molar-refractivity contribution in [2.75, 3.05) is 7.11 Å². The first kappa shape index (κ1) is 7.75. The van der Waals surface area contributed by atoms with Gasteiger partial charge in [0.25, 0.3) is 0 Å². The molecule has 1 aromatic rings. The predicted molar refractivity (Wildman–Crippen MR) is 41.3 cm³/mol. The second kappa shape index (κ2) is 3.16. The summed E-state index contributed by atoms with van der Waals surface area (Å²) in [5, 5.41) is 0.354. The number of ether oxygens (including phenoxy) is 1. The molecule has 0 amide bonds. The molecule has 1 aromatic heterocycles. The number of halogens is 2. The van der Waals surface area contributed by atoms with Crippen LogP contribution in [0, 0.1) is 0 Å². The standard InChI is InChI=1S/C5H4BrClN2O/c1-10-5-8-2-3(6)4(7)9-5/h2H,1H3. The van der Waals surface area contributed by atoms with Gasteiger partial charge < -0.3 is 4.74 Å². The maximum atomic E-state index is 5.61. The van der Waals surface area contributed by atoms with Crippen molar-refractivity contribution >= 4 is 27.5 Å². The number of methoxy groups -OCH3 is 1. The SMILES string of the molecule is COc1ncc(Br)c(Cl)n1. The summed E-state index contributed by atoms with van der Waals surface area (Å²) >= 11 is 8.76. The highest BCUT2D eigenvalue weighted by Crippen LogP contribution is 2.19. The van der Waals surface area contributed by atoms with Gasteiger partial charge >= 0.3 is 6.01 Å². The van der Waals surface area contributed by atoms with Crippen LogP contribution in [-0.2, 0) is 0 Å². The smallest absolute Gasteiger partial charge is 0.317 e. The molecule has 0 saturated heterocycles. The highest BCUT2D eigenvalue weighted by atomic mass is 79.9. The molecular weight excluding hydrogens is 219 g/mol. The van der Waals surface area contributed by atoms with E-state index in [1.807, 2.05) is 0 Å². The quantitative estimate of drug-likeness (QED) is 0.682. The molecule has 0 aromatic carbocycles. The molecule has 0 atom stereocenters. The summed E-state index contributed by atoms with van der Waals surface area (Å²) in [6, 6.07) is 0.271. The van der Waals surface area contributed by atoms with Crippen molar-refractivity contribution in [2.45, 2.75) is 0 Å². The van der Waals surface area contributed by atoms with Crippen molar-refractivity contribution in [3.8, 4) is 6.01 Å². The van der Waals surface area contributed by atoms with E-state index in [2.05, 4.69) is 25.9 Å². The minimum atomic E-state index is 0.271. The molecule has 3 nitrogen and oxygen atoms in total. The van der Waals surface area contributed by atoms with Gasteiger partial charge in [-0.1, -0.05) is 11.6 Å². The van der Waals surface area contributed by atoms with Crippen molar-refractivity contribution in [1.82, 2.24) is 9.97 Å². The van der Waals surface area contributed by atoms with Gasteiger partial charge in [-0.15, -0.1) is 0 Å². The van der Waals surface area contributed by atoms with Crippen LogP contribution in [-0.4, -0.2) is 17.1 Å². The van der Waals surface area contributed by atoms with E-state index in [9.17, 15) is 0 Å². The topological polar surface area (TPSA) is 35.0 Å². The fourth-order valence-corrected chi connectivity index (χ4v) is 0.742. The average Bonchev–Trinajstić information content (AvgIpc) is 1.95. The predicted octanol–water partition coefficient (Wildman–Crippen LogP) is 1.90. The third-order valence-electron chi connectivity index (χ3n) is 0.862. The Balaban J connectivity index is 3.04. The lowest BCUT2D eigenvalue weighted by molar-refractivity contribution is 0.379. The summed E-state index contributed by atoms with van der Waals surface area (Å²) in [4.78, 5) is 7.57. The zero-order chi connectivity index (χ0) is 7.56. The molecule has 0 aliphatic heterocycles. The molecule has 0 saturated carbocycles. The Bertz CT molecular complexity index is 243. The molecule has 54 valence electrons. The number of hydrogen-bond acceptors (Lipinski definition) is 3. The van der Waals surface area contributed by atoms with E-state index in [1.54, 1.807) is 0 Å². The van der Waals surface area contributed by atoms with Crippen molar-refractivity contribution in [3.63, 3.8) is 0 Å². The van der Waals surface area contributed by atoms with Crippen LogP contribution in [0.5, 0.6) is 6.01 Å². The second-order valence-electron chi connectivity index (χ2n) is 1.50. The fraction of sp³-hybridized carbons (Fsp3) is 0.200. The average molecular weight is 223 g/mol. The number of rotatable bonds is 1. The Kier molecular flexibility index (Phi) is 2.45. The molecule has 0 spiro atoms. The Morgan fingerprint density at radius 3 is 2.90 bits per heavy atom. The number of nitrogens with zero attached hydrogens (tertiary/aromatic N) is 2. The summed E-state index contributed by atoms with van der Waals surface area (Å²) in [5.74, 6) is 0. The van der Waals surface area contributed by atoms with Crippen LogP contribution in [0.2, 0.25) is 5.15 Å². The summed E-state index contributed by atoms with van der Waals surface area (Å²) in [5.41, 5.74) is 0. The van der Waals surface area contributed by atoms with Crippen LogP contribution in [0.15, 0.2) is 10.7 Å². The highest BCUT2D eigenvalue weighted by Gasteiger charge is 2.00. The second-order valence-corrected chi connectivity index (χ2v) is 2.71. The van der Waals surface area contributed by atoms with Gasteiger partial charge in [0, 0.05) is 6.20 Å². The first-order valence-electron chi connectivity index (χ1n) is 2.46.